The Morgan fingerprint density at radius 3 is 2.41 bits per heavy atom. The highest BCUT2D eigenvalue weighted by Gasteiger charge is 2.18. The fourth-order valence-corrected chi connectivity index (χ4v) is 4.96. The number of benzene rings is 2. The highest BCUT2D eigenvalue weighted by atomic mass is 35.5. The number of anilines is 2. The molecule has 0 aliphatic carbocycles. The van der Waals surface area contributed by atoms with Gasteiger partial charge in [0.25, 0.3) is 10.0 Å². The summed E-state index contributed by atoms with van der Waals surface area (Å²) in [6, 6.07) is 17.3. The molecule has 150 valence electrons. The molecule has 0 radical (unpaired) electrons. The van der Waals surface area contributed by atoms with Gasteiger partial charge in [-0.3, -0.25) is 4.72 Å². The molecule has 4 rings (SSSR count). The van der Waals surface area contributed by atoms with Gasteiger partial charge in [0.15, 0.2) is 5.82 Å². The first kappa shape index (κ1) is 19.7. The SMILES string of the molecule is O=S(=O)(Nc1cccc(-c2ccc(N3CCCCC3)nn2)c1)c1ccccc1Cl. The minimum absolute atomic E-state index is 0.0396. The normalized spacial score (nSPS) is 14.6. The smallest absolute Gasteiger partial charge is 0.263 e. The van der Waals surface area contributed by atoms with E-state index in [0.29, 0.717) is 11.4 Å². The summed E-state index contributed by atoms with van der Waals surface area (Å²) >= 11 is 6.04. The van der Waals surface area contributed by atoms with Gasteiger partial charge >= 0.3 is 0 Å². The predicted octanol–water partition coefficient (Wildman–Crippen LogP) is 4.59. The molecule has 6 nitrogen and oxygen atoms in total. The number of sulfonamides is 1. The minimum atomic E-state index is -3.79. The summed E-state index contributed by atoms with van der Waals surface area (Å²) in [6.45, 7) is 2.01. The van der Waals surface area contributed by atoms with E-state index in [1.165, 1.54) is 25.3 Å². The fourth-order valence-electron chi connectivity index (χ4n) is 3.39. The zero-order valence-electron chi connectivity index (χ0n) is 15.8. The van der Waals surface area contributed by atoms with E-state index in [4.69, 9.17) is 11.6 Å². The van der Waals surface area contributed by atoms with E-state index in [2.05, 4.69) is 19.8 Å². The van der Waals surface area contributed by atoms with Crippen LogP contribution in [0.2, 0.25) is 5.02 Å². The molecule has 3 aromatic rings. The molecule has 0 bridgehead atoms. The van der Waals surface area contributed by atoms with Gasteiger partial charge in [-0.05, 0) is 55.7 Å². The van der Waals surface area contributed by atoms with E-state index in [0.717, 1.165) is 24.5 Å². The molecule has 0 atom stereocenters. The van der Waals surface area contributed by atoms with E-state index < -0.39 is 10.0 Å². The van der Waals surface area contributed by atoms with Gasteiger partial charge in [0.1, 0.15) is 4.90 Å². The molecule has 1 N–H and O–H groups in total. The van der Waals surface area contributed by atoms with Crippen LogP contribution in [0.4, 0.5) is 11.5 Å². The summed E-state index contributed by atoms with van der Waals surface area (Å²) in [5.41, 5.74) is 1.90. The highest BCUT2D eigenvalue weighted by Crippen LogP contribution is 2.26. The van der Waals surface area contributed by atoms with Gasteiger partial charge in [-0.25, -0.2) is 8.42 Å². The third kappa shape index (κ3) is 4.52. The molecule has 29 heavy (non-hydrogen) atoms. The number of hydrogen-bond acceptors (Lipinski definition) is 5. The average molecular weight is 429 g/mol. The fraction of sp³-hybridized carbons (Fsp3) is 0.238. The molecular weight excluding hydrogens is 408 g/mol. The Morgan fingerprint density at radius 1 is 0.897 bits per heavy atom. The van der Waals surface area contributed by atoms with Crippen LogP contribution in [0.15, 0.2) is 65.6 Å². The third-order valence-electron chi connectivity index (χ3n) is 4.87. The van der Waals surface area contributed by atoms with Crippen LogP contribution in [0.5, 0.6) is 0 Å². The third-order valence-corrected chi connectivity index (χ3v) is 6.75. The van der Waals surface area contributed by atoms with Crippen molar-refractivity contribution in [3.05, 3.63) is 65.7 Å². The average Bonchev–Trinajstić information content (AvgIpc) is 2.74. The van der Waals surface area contributed by atoms with Crippen molar-refractivity contribution < 1.29 is 8.42 Å². The molecular formula is C21H21ClN4O2S. The molecule has 0 unspecified atom stereocenters. The Hall–Kier alpha value is -2.64. The van der Waals surface area contributed by atoms with Crippen LogP contribution in [0.1, 0.15) is 19.3 Å². The van der Waals surface area contributed by atoms with Crippen molar-refractivity contribution >= 4 is 33.1 Å². The Balaban J connectivity index is 1.55. The number of nitrogens with zero attached hydrogens (tertiary/aromatic N) is 3. The lowest BCUT2D eigenvalue weighted by molar-refractivity contribution is 0.571. The first-order valence-electron chi connectivity index (χ1n) is 9.49. The Kier molecular flexibility index (Phi) is 5.69. The minimum Gasteiger partial charge on any atom is -0.355 e. The van der Waals surface area contributed by atoms with Gasteiger partial charge in [-0.1, -0.05) is 35.9 Å². The van der Waals surface area contributed by atoms with Crippen LogP contribution in [0.3, 0.4) is 0 Å². The number of halogens is 1. The summed E-state index contributed by atoms with van der Waals surface area (Å²) < 4.78 is 27.9. The van der Waals surface area contributed by atoms with Crippen molar-refractivity contribution in [2.45, 2.75) is 24.2 Å². The van der Waals surface area contributed by atoms with E-state index >= 15 is 0 Å². The van der Waals surface area contributed by atoms with Gasteiger partial charge in [-0.15, -0.1) is 10.2 Å². The van der Waals surface area contributed by atoms with Crippen molar-refractivity contribution in [1.29, 1.82) is 0 Å². The largest absolute Gasteiger partial charge is 0.355 e. The number of aromatic nitrogens is 2. The van der Waals surface area contributed by atoms with E-state index in [1.54, 1.807) is 36.4 Å². The number of rotatable bonds is 5. The molecule has 1 aromatic heterocycles. The predicted molar refractivity (Wildman–Crippen MR) is 116 cm³/mol. The summed E-state index contributed by atoms with van der Waals surface area (Å²) in [7, 11) is -3.79. The number of nitrogens with one attached hydrogen (secondary N) is 1. The molecule has 0 saturated carbocycles. The highest BCUT2D eigenvalue weighted by molar-refractivity contribution is 7.92. The van der Waals surface area contributed by atoms with Crippen molar-refractivity contribution in [1.82, 2.24) is 10.2 Å². The Morgan fingerprint density at radius 2 is 1.69 bits per heavy atom. The van der Waals surface area contributed by atoms with Gasteiger partial charge in [-0.2, -0.15) is 0 Å². The maximum atomic E-state index is 12.7. The van der Waals surface area contributed by atoms with Crippen LogP contribution in [0.25, 0.3) is 11.3 Å². The van der Waals surface area contributed by atoms with Gasteiger partial charge < -0.3 is 4.90 Å². The van der Waals surface area contributed by atoms with Crippen LogP contribution in [-0.2, 0) is 10.0 Å². The summed E-state index contributed by atoms with van der Waals surface area (Å²) in [5, 5.41) is 8.88. The van der Waals surface area contributed by atoms with Crippen molar-refractivity contribution in [2.75, 3.05) is 22.7 Å². The van der Waals surface area contributed by atoms with Gasteiger partial charge in [0.05, 0.1) is 10.7 Å². The number of piperidine rings is 1. The summed E-state index contributed by atoms with van der Waals surface area (Å²) in [5.74, 6) is 0.879. The molecule has 2 heterocycles. The zero-order chi connectivity index (χ0) is 20.3. The first-order valence-corrected chi connectivity index (χ1v) is 11.4. The standard InChI is InChI=1S/C21H21ClN4O2S/c22-18-9-2-3-10-20(18)29(27,28)25-17-8-6-7-16(15-17)19-11-12-21(24-23-19)26-13-4-1-5-14-26/h2-3,6-12,15,25H,1,4-5,13-14H2. The topological polar surface area (TPSA) is 75.2 Å². The molecule has 0 amide bonds. The monoisotopic (exact) mass is 428 g/mol. The quantitative estimate of drug-likeness (QED) is 0.643. The lowest BCUT2D eigenvalue weighted by Crippen LogP contribution is -2.30. The molecule has 1 aliphatic rings. The van der Waals surface area contributed by atoms with E-state index in [1.807, 2.05) is 18.2 Å². The van der Waals surface area contributed by atoms with Crippen molar-refractivity contribution in [2.24, 2.45) is 0 Å². The van der Waals surface area contributed by atoms with Crippen LogP contribution >= 0.6 is 11.6 Å². The molecule has 1 fully saturated rings. The van der Waals surface area contributed by atoms with Crippen LogP contribution < -0.4 is 9.62 Å². The zero-order valence-corrected chi connectivity index (χ0v) is 17.3. The van der Waals surface area contributed by atoms with Crippen LogP contribution in [0, 0.1) is 0 Å². The second-order valence-corrected chi connectivity index (χ2v) is 9.00. The van der Waals surface area contributed by atoms with Crippen LogP contribution in [-0.4, -0.2) is 31.7 Å². The summed E-state index contributed by atoms with van der Waals surface area (Å²) in [4.78, 5) is 2.28. The maximum absolute atomic E-state index is 12.7. The molecule has 0 spiro atoms. The van der Waals surface area contributed by atoms with E-state index in [9.17, 15) is 8.42 Å². The lowest BCUT2D eigenvalue weighted by Gasteiger charge is -2.27. The number of hydrogen-bond donors (Lipinski definition) is 1. The molecule has 1 saturated heterocycles. The second kappa shape index (κ2) is 8.39. The Bertz CT molecular complexity index is 1100. The van der Waals surface area contributed by atoms with Gasteiger partial charge in [0.2, 0.25) is 0 Å². The first-order chi connectivity index (χ1) is 14.0. The van der Waals surface area contributed by atoms with Gasteiger partial charge in [0, 0.05) is 24.3 Å². The van der Waals surface area contributed by atoms with Crippen molar-refractivity contribution in [3.63, 3.8) is 0 Å². The molecule has 2 aromatic carbocycles. The van der Waals surface area contributed by atoms with E-state index in [-0.39, 0.29) is 9.92 Å². The maximum Gasteiger partial charge on any atom is 0.263 e. The Labute approximate surface area is 175 Å². The molecule has 1 aliphatic heterocycles. The lowest BCUT2D eigenvalue weighted by atomic mass is 10.1. The molecule has 8 heteroatoms. The summed E-state index contributed by atoms with van der Waals surface area (Å²) in [6.07, 6.45) is 3.62. The second-order valence-electron chi connectivity index (χ2n) is 6.94. The van der Waals surface area contributed by atoms with Crippen molar-refractivity contribution in [3.8, 4) is 11.3 Å².